The van der Waals surface area contributed by atoms with E-state index in [4.69, 9.17) is 4.42 Å². The lowest BCUT2D eigenvalue weighted by Crippen LogP contribution is -2.53. The Labute approximate surface area is 201 Å². The second-order valence-electron chi connectivity index (χ2n) is 8.81. The van der Waals surface area contributed by atoms with Gasteiger partial charge in [-0.25, -0.2) is 4.98 Å². The fourth-order valence-electron chi connectivity index (χ4n) is 4.57. The summed E-state index contributed by atoms with van der Waals surface area (Å²) in [4.78, 5) is 4.28. The quantitative estimate of drug-likeness (QED) is 0.317. The summed E-state index contributed by atoms with van der Waals surface area (Å²) in [7, 11) is 0. The van der Waals surface area contributed by atoms with Gasteiger partial charge in [0.05, 0.1) is 12.3 Å². The largest absolute Gasteiger partial charge is 0.446 e. The highest BCUT2D eigenvalue weighted by Crippen LogP contribution is 2.51. The van der Waals surface area contributed by atoms with E-state index in [0.29, 0.717) is 29.0 Å². The Bertz CT molecular complexity index is 1380. The number of alkyl halides is 6. The van der Waals surface area contributed by atoms with E-state index in [1.54, 1.807) is 49.6 Å². The first-order valence-electron chi connectivity index (χ1n) is 10.8. The van der Waals surface area contributed by atoms with Crippen LogP contribution in [0.1, 0.15) is 48.2 Å². The zero-order valence-corrected chi connectivity index (χ0v) is 19.3. The number of hydrogen-bond donors (Lipinski definition) is 2. The molecule has 0 amide bonds. The lowest BCUT2D eigenvalue weighted by atomic mass is 9.88. The molecule has 0 saturated heterocycles. The molecule has 192 valence electrons. The molecular weight excluding hydrogens is 490 g/mol. The third-order valence-corrected chi connectivity index (χ3v) is 6.45. The Morgan fingerprint density at radius 1 is 0.944 bits per heavy atom. The maximum Gasteiger partial charge on any atom is 0.430 e. The fraction of sp³-hybridized carbons (Fsp3) is 0.320. The number of aliphatic hydroxyl groups excluding tert-OH is 1. The fourth-order valence-corrected chi connectivity index (χ4v) is 4.57. The average Bonchev–Trinajstić information content (AvgIpc) is 3.44. The van der Waals surface area contributed by atoms with Crippen LogP contribution in [-0.2, 0) is 11.1 Å². The molecular formula is C25H22F6N2O3. The van der Waals surface area contributed by atoms with Gasteiger partial charge < -0.3 is 19.2 Å². The first-order chi connectivity index (χ1) is 16.6. The third kappa shape index (κ3) is 3.77. The summed E-state index contributed by atoms with van der Waals surface area (Å²) in [6.07, 6.45) is -10.0. The number of fused-ring (bicyclic) bond motifs is 1. The lowest BCUT2D eigenvalue weighted by Gasteiger charge is -2.33. The Morgan fingerprint density at radius 2 is 1.61 bits per heavy atom. The van der Waals surface area contributed by atoms with Crippen molar-refractivity contribution in [2.45, 2.75) is 50.4 Å². The number of rotatable bonds is 5. The highest BCUT2D eigenvalue weighted by atomic mass is 19.4. The van der Waals surface area contributed by atoms with E-state index >= 15 is 0 Å². The molecule has 5 nitrogen and oxygen atoms in total. The van der Waals surface area contributed by atoms with E-state index < -0.39 is 35.2 Å². The predicted molar refractivity (Wildman–Crippen MR) is 118 cm³/mol. The molecule has 0 aliphatic carbocycles. The number of aliphatic hydroxyl groups is 2. The number of oxazole rings is 1. The van der Waals surface area contributed by atoms with Gasteiger partial charge in [0.1, 0.15) is 11.8 Å². The molecule has 0 spiro atoms. The normalized spacial score (nSPS) is 15.8. The highest BCUT2D eigenvalue weighted by Gasteiger charge is 2.71. The number of aryl methyl sites for hydroxylation is 1. The van der Waals surface area contributed by atoms with Crippen molar-refractivity contribution < 1.29 is 41.0 Å². The number of aromatic nitrogens is 2. The van der Waals surface area contributed by atoms with Crippen molar-refractivity contribution in [3.63, 3.8) is 0 Å². The van der Waals surface area contributed by atoms with Crippen LogP contribution in [0.4, 0.5) is 26.3 Å². The van der Waals surface area contributed by atoms with Crippen molar-refractivity contribution >= 4 is 10.9 Å². The second-order valence-corrected chi connectivity index (χ2v) is 8.81. The van der Waals surface area contributed by atoms with Gasteiger partial charge in [-0.1, -0.05) is 30.3 Å². The van der Waals surface area contributed by atoms with Crippen LogP contribution in [0.5, 0.6) is 0 Å². The molecule has 4 rings (SSSR count). The van der Waals surface area contributed by atoms with Gasteiger partial charge in [-0.05, 0) is 50.1 Å². The van der Waals surface area contributed by atoms with Gasteiger partial charge in [-0.3, -0.25) is 0 Å². The maximum atomic E-state index is 13.5. The summed E-state index contributed by atoms with van der Waals surface area (Å²) >= 11 is 0. The molecule has 2 aromatic heterocycles. The third-order valence-electron chi connectivity index (χ3n) is 6.45. The Kier molecular flexibility index (Phi) is 6.00. The first-order valence-corrected chi connectivity index (χ1v) is 10.8. The molecule has 11 heteroatoms. The molecule has 2 unspecified atom stereocenters. The summed E-state index contributed by atoms with van der Waals surface area (Å²) in [5, 5.41) is 20.0. The van der Waals surface area contributed by atoms with Crippen molar-refractivity contribution in [3.05, 3.63) is 89.3 Å². The molecule has 2 atom stereocenters. The summed E-state index contributed by atoms with van der Waals surface area (Å²) in [5.74, 6) is 0.206. The molecule has 0 fully saturated rings. The van der Waals surface area contributed by atoms with Crippen molar-refractivity contribution in [2.24, 2.45) is 0 Å². The number of benzene rings is 2. The zero-order valence-electron chi connectivity index (χ0n) is 19.3. The van der Waals surface area contributed by atoms with Gasteiger partial charge >= 0.3 is 12.4 Å². The van der Waals surface area contributed by atoms with Gasteiger partial charge in [-0.15, -0.1) is 0 Å². The molecule has 0 aliphatic rings. The van der Waals surface area contributed by atoms with Crippen molar-refractivity contribution in [1.29, 1.82) is 0 Å². The SMILES string of the molecule is Cc1cc2cc(C(O)(C(F)(F)F)C(F)(F)F)ccc2n1C(C)(c1cccc(C(C)O)c1)c1ncco1. The topological polar surface area (TPSA) is 71.4 Å². The van der Waals surface area contributed by atoms with Crippen LogP contribution in [0.15, 0.2) is 65.4 Å². The lowest BCUT2D eigenvalue weighted by molar-refractivity contribution is -0.376. The molecule has 0 saturated carbocycles. The van der Waals surface area contributed by atoms with Crippen LogP contribution in [0.25, 0.3) is 10.9 Å². The number of nitrogens with zero attached hydrogens (tertiary/aromatic N) is 2. The maximum absolute atomic E-state index is 13.5. The second kappa shape index (κ2) is 8.38. The predicted octanol–water partition coefficient (Wildman–Crippen LogP) is 6.12. The van der Waals surface area contributed by atoms with Gasteiger partial charge in [0.15, 0.2) is 0 Å². The van der Waals surface area contributed by atoms with Gasteiger partial charge in [0.25, 0.3) is 5.60 Å². The van der Waals surface area contributed by atoms with Gasteiger partial charge in [-0.2, -0.15) is 26.3 Å². The summed E-state index contributed by atoms with van der Waals surface area (Å²) in [6.45, 7) is 4.96. The summed E-state index contributed by atoms with van der Waals surface area (Å²) < 4.78 is 88.0. The summed E-state index contributed by atoms with van der Waals surface area (Å²) in [6, 6.07) is 10.7. The Hall–Kier alpha value is -3.31. The van der Waals surface area contributed by atoms with E-state index in [9.17, 15) is 36.6 Å². The summed E-state index contributed by atoms with van der Waals surface area (Å²) in [5.41, 5.74) is -5.63. The minimum atomic E-state index is -6.00. The van der Waals surface area contributed by atoms with Gasteiger partial charge in [0, 0.05) is 22.2 Å². The molecule has 36 heavy (non-hydrogen) atoms. The molecule has 0 radical (unpaired) electrons. The van der Waals surface area contributed by atoms with Crippen molar-refractivity contribution in [1.82, 2.24) is 9.55 Å². The minimum absolute atomic E-state index is 0.0430. The molecule has 4 aromatic rings. The smallest absolute Gasteiger partial charge is 0.430 e. The van der Waals surface area contributed by atoms with Crippen LogP contribution in [0.3, 0.4) is 0 Å². The first kappa shape index (κ1) is 25.8. The van der Waals surface area contributed by atoms with Crippen LogP contribution >= 0.6 is 0 Å². The highest BCUT2D eigenvalue weighted by molar-refractivity contribution is 5.83. The molecule has 2 aromatic carbocycles. The van der Waals surface area contributed by atoms with Crippen LogP contribution in [-0.4, -0.2) is 32.1 Å². The standard InChI is InChI=1S/C25H22F6N2O3/c1-14-11-17-13-19(23(35,24(26,27)28)25(29,30)31)7-8-20(17)33(14)22(3,21-32-9-10-36-21)18-6-4-5-16(12-18)15(2)34/h4-13,15,34-35H,1-3H3. The van der Waals surface area contributed by atoms with E-state index in [2.05, 4.69) is 4.98 Å². The Morgan fingerprint density at radius 3 is 2.17 bits per heavy atom. The van der Waals surface area contributed by atoms with Crippen molar-refractivity contribution in [3.8, 4) is 0 Å². The van der Waals surface area contributed by atoms with E-state index in [1.165, 1.54) is 18.5 Å². The van der Waals surface area contributed by atoms with Gasteiger partial charge in [0.2, 0.25) is 5.89 Å². The number of hydrogen-bond acceptors (Lipinski definition) is 4. The van der Waals surface area contributed by atoms with Crippen LogP contribution in [0.2, 0.25) is 0 Å². The molecule has 2 N–H and O–H groups in total. The Balaban J connectivity index is 2.00. The van der Waals surface area contributed by atoms with Crippen molar-refractivity contribution in [2.75, 3.05) is 0 Å². The van der Waals surface area contributed by atoms with E-state index in [1.807, 2.05) is 0 Å². The minimum Gasteiger partial charge on any atom is -0.446 e. The zero-order chi connectivity index (χ0) is 26.7. The monoisotopic (exact) mass is 512 g/mol. The average molecular weight is 512 g/mol. The number of halogens is 6. The van der Waals surface area contributed by atoms with E-state index in [0.717, 1.165) is 6.07 Å². The molecule has 0 bridgehead atoms. The molecule has 2 heterocycles. The molecule has 0 aliphatic heterocycles. The van der Waals surface area contributed by atoms with Crippen LogP contribution in [0, 0.1) is 6.92 Å². The van der Waals surface area contributed by atoms with E-state index in [-0.39, 0.29) is 16.8 Å². The van der Waals surface area contributed by atoms with Crippen LogP contribution < -0.4 is 0 Å².